The van der Waals surface area contributed by atoms with Crippen molar-refractivity contribution in [2.24, 2.45) is 11.8 Å². The van der Waals surface area contributed by atoms with Crippen molar-refractivity contribution in [1.29, 1.82) is 0 Å². The lowest BCUT2D eigenvalue weighted by Crippen LogP contribution is -2.44. The summed E-state index contributed by atoms with van der Waals surface area (Å²) in [5, 5.41) is 10.2. The maximum atomic E-state index is 12.2. The fraction of sp³-hybridized carbons (Fsp3) is 0.800. The van der Waals surface area contributed by atoms with Gasteiger partial charge in [0.25, 0.3) is 0 Å². The number of nitrogens with one attached hydrogen (secondary N) is 2. The molecule has 1 heterocycles. The second-order valence-electron chi connectivity index (χ2n) is 6.19. The van der Waals surface area contributed by atoms with E-state index in [-0.39, 0.29) is 17.6 Å². The SMILES string of the molecule is CCCn1c(SCC(=O)N[C@@H]2CCC[C@H](C)[C@@H]2C)n[nH]c1=O. The van der Waals surface area contributed by atoms with Crippen LogP contribution in [0.3, 0.4) is 0 Å². The Bertz CT molecular complexity index is 554. The first-order valence-electron chi connectivity index (χ1n) is 8.10. The highest BCUT2D eigenvalue weighted by molar-refractivity contribution is 7.99. The molecule has 7 heteroatoms. The number of nitrogens with zero attached hydrogens (tertiary/aromatic N) is 2. The van der Waals surface area contributed by atoms with Crippen molar-refractivity contribution >= 4 is 17.7 Å². The molecule has 124 valence electrons. The van der Waals surface area contributed by atoms with E-state index in [1.165, 1.54) is 24.6 Å². The molecule has 0 spiro atoms. The van der Waals surface area contributed by atoms with E-state index in [0.29, 0.717) is 29.3 Å². The maximum Gasteiger partial charge on any atom is 0.343 e. The molecule has 1 aliphatic rings. The van der Waals surface area contributed by atoms with E-state index < -0.39 is 0 Å². The molecule has 0 bridgehead atoms. The molecule has 1 aromatic heterocycles. The summed E-state index contributed by atoms with van der Waals surface area (Å²) < 4.78 is 1.59. The van der Waals surface area contributed by atoms with Crippen LogP contribution in [-0.2, 0) is 11.3 Å². The number of carbonyl (C=O) groups is 1. The molecule has 0 aromatic carbocycles. The topological polar surface area (TPSA) is 79.8 Å². The van der Waals surface area contributed by atoms with Crippen LogP contribution in [0.25, 0.3) is 0 Å². The molecule has 1 amide bonds. The molecule has 0 radical (unpaired) electrons. The third-order valence-corrected chi connectivity index (χ3v) is 5.53. The Morgan fingerprint density at radius 3 is 2.95 bits per heavy atom. The predicted molar refractivity (Wildman–Crippen MR) is 88.0 cm³/mol. The zero-order valence-electron chi connectivity index (χ0n) is 13.6. The average molecular weight is 326 g/mol. The number of thioether (sulfide) groups is 1. The van der Waals surface area contributed by atoms with Gasteiger partial charge in [0.1, 0.15) is 0 Å². The van der Waals surface area contributed by atoms with E-state index in [4.69, 9.17) is 0 Å². The van der Waals surface area contributed by atoms with Crippen molar-refractivity contribution in [1.82, 2.24) is 20.1 Å². The van der Waals surface area contributed by atoms with Gasteiger partial charge in [-0.1, -0.05) is 45.4 Å². The second kappa shape index (κ2) is 7.85. The molecule has 2 N–H and O–H groups in total. The van der Waals surface area contributed by atoms with Crippen LogP contribution in [0.15, 0.2) is 9.95 Å². The number of aromatic nitrogens is 3. The first kappa shape index (κ1) is 17.1. The fourth-order valence-corrected chi connectivity index (χ4v) is 3.78. The predicted octanol–water partition coefficient (Wildman–Crippen LogP) is 2.01. The van der Waals surface area contributed by atoms with Gasteiger partial charge < -0.3 is 5.32 Å². The van der Waals surface area contributed by atoms with Crippen molar-refractivity contribution in [3.05, 3.63) is 10.5 Å². The van der Waals surface area contributed by atoms with E-state index >= 15 is 0 Å². The minimum Gasteiger partial charge on any atom is -0.352 e. The standard InChI is InChI=1S/C15H26N4O2S/c1-4-8-19-14(21)17-18-15(19)22-9-13(20)16-12-7-5-6-10(2)11(12)3/h10-12H,4-9H2,1-3H3,(H,16,20)(H,17,21)/t10-,11-,12+/m0/s1. The number of hydrogen-bond acceptors (Lipinski definition) is 4. The Labute approximate surface area is 135 Å². The molecule has 6 nitrogen and oxygen atoms in total. The highest BCUT2D eigenvalue weighted by atomic mass is 32.2. The number of carbonyl (C=O) groups excluding carboxylic acids is 1. The van der Waals surface area contributed by atoms with Crippen LogP contribution in [0.2, 0.25) is 0 Å². The van der Waals surface area contributed by atoms with Gasteiger partial charge >= 0.3 is 5.69 Å². The maximum absolute atomic E-state index is 12.2. The average Bonchev–Trinajstić information content (AvgIpc) is 2.83. The van der Waals surface area contributed by atoms with Gasteiger partial charge in [0.05, 0.1) is 5.75 Å². The number of rotatable bonds is 6. The number of hydrogen-bond donors (Lipinski definition) is 2. The van der Waals surface area contributed by atoms with Gasteiger partial charge in [-0.2, -0.15) is 0 Å². The third kappa shape index (κ3) is 4.15. The van der Waals surface area contributed by atoms with Crippen molar-refractivity contribution in [3.8, 4) is 0 Å². The molecular formula is C15H26N4O2S. The molecule has 0 unspecified atom stereocenters. The first-order valence-corrected chi connectivity index (χ1v) is 9.08. The van der Waals surface area contributed by atoms with Gasteiger partial charge in [-0.05, 0) is 24.7 Å². The van der Waals surface area contributed by atoms with Crippen molar-refractivity contribution in [3.63, 3.8) is 0 Å². The summed E-state index contributed by atoms with van der Waals surface area (Å²) in [7, 11) is 0. The van der Waals surface area contributed by atoms with E-state index in [0.717, 1.165) is 12.8 Å². The smallest absolute Gasteiger partial charge is 0.343 e. The van der Waals surface area contributed by atoms with Crippen molar-refractivity contribution in [2.75, 3.05) is 5.75 Å². The van der Waals surface area contributed by atoms with Crippen LogP contribution in [0.5, 0.6) is 0 Å². The third-order valence-electron chi connectivity index (χ3n) is 4.56. The van der Waals surface area contributed by atoms with Crippen LogP contribution >= 0.6 is 11.8 Å². The highest BCUT2D eigenvalue weighted by Gasteiger charge is 2.28. The van der Waals surface area contributed by atoms with E-state index in [9.17, 15) is 9.59 Å². The largest absolute Gasteiger partial charge is 0.352 e. The van der Waals surface area contributed by atoms with Gasteiger partial charge in [-0.15, -0.1) is 5.10 Å². The zero-order chi connectivity index (χ0) is 16.1. The Balaban J connectivity index is 1.86. The first-order chi connectivity index (χ1) is 10.5. The normalized spacial score (nSPS) is 25.1. The van der Waals surface area contributed by atoms with E-state index in [1.54, 1.807) is 4.57 Å². The summed E-state index contributed by atoms with van der Waals surface area (Å²) in [6, 6.07) is 0.272. The molecular weight excluding hydrogens is 300 g/mol. The zero-order valence-corrected chi connectivity index (χ0v) is 14.4. The molecule has 0 aliphatic heterocycles. The lowest BCUT2D eigenvalue weighted by atomic mass is 9.78. The lowest BCUT2D eigenvalue weighted by Gasteiger charge is -2.34. The Hall–Kier alpha value is -1.24. The summed E-state index contributed by atoms with van der Waals surface area (Å²) in [6.07, 6.45) is 4.35. The van der Waals surface area contributed by atoms with Gasteiger partial charge in [-0.3, -0.25) is 9.36 Å². The molecule has 3 atom stereocenters. The van der Waals surface area contributed by atoms with Crippen LogP contribution in [0, 0.1) is 11.8 Å². The molecule has 1 aromatic rings. The summed E-state index contributed by atoms with van der Waals surface area (Å²) in [6.45, 7) is 7.10. The molecule has 1 saturated carbocycles. The monoisotopic (exact) mass is 326 g/mol. The van der Waals surface area contributed by atoms with Gasteiger partial charge in [0, 0.05) is 12.6 Å². The Morgan fingerprint density at radius 1 is 1.45 bits per heavy atom. The van der Waals surface area contributed by atoms with Gasteiger partial charge in [0.15, 0.2) is 5.16 Å². The molecule has 1 aliphatic carbocycles. The Kier molecular flexibility index (Phi) is 6.11. The summed E-state index contributed by atoms with van der Waals surface area (Å²) in [5.41, 5.74) is -0.209. The lowest BCUT2D eigenvalue weighted by molar-refractivity contribution is -0.120. The number of aromatic amines is 1. The number of H-pyrrole nitrogens is 1. The van der Waals surface area contributed by atoms with Crippen LogP contribution < -0.4 is 11.0 Å². The minimum absolute atomic E-state index is 0.0226. The van der Waals surface area contributed by atoms with Crippen LogP contribution in [0.1, 0.15) is 46.5 Å². The molecule has 22 heavy (non-hydrogen) atoms. The Morgan fingerprint density at radius 2 is 2.23 bits per heavy atom. The minimum atomic E-state index is -0.209. The summed E-state index contributed by atoms with van der Waals surface area (Å²) >= 11 is 1.32. The van der Waals surface area contributed by atoms with Gasteiger partial charge in [-0.25, -0.2) is 9.89 Å². The summed E-state index contributed by atoms with van der Waals surface area (Å²) in [4.78, 5) is 23.8. The van der Waals surface area contributed by atoms with Crippen LogP contribution in [0.4, 0.5) is 0 Å². The van der Waals surface area contributed by atoms with E-state index in [2.05, 4.69) is 29.4 Å². The van der Waals surface area contributed by atoms with Crippen LogP contribution in [-0.4, -0.2) is 32.5 Å². The van der Waals surface area contributed by atoms with E-state index in [1.807, 2.05) is 6.92 Å². The molecule has 0 saturated heterocycles. The summed E-state index contributed by atoms with van der Waals surface area (Å²) in [5.74, 6) is 1.50. The molecule has 1 fully saturated rings. The van der Waals surface area contributed by atoms with Crippen molar-refractivity contribution in [2.45, 2.75) is 64.2 Å². The molecule has 2 rings (SSSR count). The van der Waals surface area contributed by atoms with Gasteiger partial charge in [0.2, 0.25) is 5.91 Å². The second-order valence-corrected chi connectivity index (χ2v) is 7.14. The highest BCUT2D eigenvalue weighted by Crippen LogP contribution is 2.29. The fourth-order valence-electron chi connectivity index (χ4n) is 3.00. The quantitative estimate of drug-likeness (QED) is 0.784. The number of amides is 1. The van der Waals surface area contributed by atoms with Crippen molar-refractivity contribution < 1.29 is 4.79 Å².